The maximum absolute atomic E-state index is 13.3. The minimum Gasteiger partial charge on any atom is -0.466 e. The van der Waals surface area contributed by atoms with Crippen LogP contribution in [0.25, 0.3) is 11.2 Å². The van der Waals surface area contributed by atoms with Crippen molar-refractivity contribution in [2.45, 2.75) is 63.6 Å². The number of carbonyl (C=O) groups is 1. The van der Waals surface area contributed by atoms with E-state index in [4.69, 9.17) is 24.7 Å². The summed E-state index contributed by atoms with van der Waals surface area (Å²) >= 11 is 0. The Balaban J connectivity index is 1.74. The van der Waals surface area contributed by atoms with Crippen LogP contribution in [0.3, 0.4) is 0 Å². The number of aliphatic hydroxyl groups is 1. The van der Waals surface area contributed by atoms with E-state index in [2.05, 4.69) is 16.5 Å². The maximum Gasteiger partial charge on any atom is 0.333 e. The van der Waals surface area contributed by atoms with E-state index in [1.807, 2.05) is 0 Å². The van der Waals surface area contributed by atoms with Crippen molar-refractivity contribution in [1.82, 2.24) is 19.1 Å². The van der Waals surface area contributed by atoms with Crippen LogP contribution in [0.5, 0.6) is 0 Å². The number of rotatable bonds is 8. The largest absolute Gasteiger partial charge is 0.466 e. The number of hydrogen-bond acceptors (Lipinski definition) is 10. The van der Waals surface area contributed by atoms with Crippen LogP contribution >= 0.6 is 0 Å². The number of esters is 1. The van der Waals surface area contributed by atoms with E-state index in [0.717, 1.165) is 0 Å². The zero-order chi connectivity index (χ0) is 23.9. The van der Waals surface area contributed by atoms with Gasteiger partial charge in [0.05, 0.1) is 19.6 Å². The second-order valence-corrected chi connectivity index (χ2v) is 8.03. The maximum atomic E-state index is 13.3. The quantitative estimate of drug-likeness (QED) is 0.337. The highest BCUT2D eigenvalue weighted by atomic mass is 16.8. The van der Waals surface area contributed by atoms with Crippen molar-refractivity contribution in [3.8, 4) is 0 Å². The Morgan fingerprint density at radius 1 is 1.39 bits per heavy atom. The number of aromatic nitrogens is 4. The van der Waals surface area contributed by atoms with Crippen molar-refractivity contribution in [2.75, 3.05) is 18.9 Å². The third-order valence-electron chi connectivity index (χ3n) is 5.72. The molecule has 2 aromatic rings. The summed E-state index contributed by atoms with van der Waals surface area (Å²) in [5, 5.41) is 9.87. The zero-order valence-corrected chi connectivity index (χ0v) is 18.4. The van der Waals surface area contributed by atoms with Crippen molar-refractivity contribution < 1.29 is 28.8 Å². The van der Waals surface area contributed by atoms with Gasteiger partial charge in [0, 0.05) is 13.0 Å². The number of ether oxygens (including phenoxy) is 4. The fourth-order valence-electron chi connectivity index (χ4n) is 4.34. The second-order valence-electron chi connectivity index (χ2n) is 8.03. The van der Waals surface area contributed by atoms with Gasteiger partial charge >= 0.3 is 11.7 Å². The summed E-state index contributed by atoms with van der Waals surface area (Å²) in [4.78, 5) is 44.2. The molecule has 0 saturated carbocycles. The number of nitrogens with zero attached hydrogens (tertiary/aromatic N) is 3. The summed E-state index contributed by atoms with van der Waals surface area (Å²) in [6, 6.07) is 0. The predicted octanol–water partition coefficient (Wildman–Crippen LogP) is -0.612. The fraction of sp³-hybridized carbons (Fsp3) is 0.600. The summed E-state index contributed by atoms with van der Waals surface area (Å²) in [7, 11) is 0. The minimum absolute atomic E-state index is 0.00527. The van der Waals surface area contributed by atoms with Crippen LogP contribution in [-0.2, 0) is 30.3 Å². The van der Waals surface area contributed by atoms with Gasteiger partial charge < -0.3 is 29.8 Å². The first-order valence-corrected chi connectivity index (χ1v) is 10.6. The molecule has 13 heteroatoms. The molecule has 0 aromatic carbocycles. The van der Waals surface area contributed by atoms with Crippen LogP contribution in [0, 0.1) is 0 Å². The highest BCUT2D eigenvalue weighted by molar-refractivity contribution is 5.72. The Hall–Kier alpha value is -3.00. The molecular weight excluding hydrogens is 438 g/mol. The standard InChI is InChI=1S/C20H27N5O8/c1-4-8-24-12-15(22-18(21)23-16(12)28)25(19(24)29)17-14-13(10(9-26)31-17)32-20(3,33-14)7-6-11(27)30-5-2/h4,10,13-14,17,26H,1,5-9H2,2-3H3,(H3,21,22,23,28)/t10-,13-,14-,17-,20?/m1/s1. The van der Waals surface area contributed by atoms with E-state index < -0.39 is 54.2 Å². The number of allylic oxidation sites excluding steroid dienone is 1. The Morgan fingerprint density at radius 3 is 2.79 bits per heavy atom. The number of hydrogen-bond donors (Lipinski definition) is 3. The average molecular weight is 465 g/mol. The minimum atomic E-state index is -1.18. The van der Waals surface area contributed by atoms with Crippen molar-refractivity contribution in [3.63, 3.8) is 0 Å². The molecule has 33 heavy (non-hydrogen) atoms. The van der Waals surface area contributed by atoms with E-state index >= 15 is 0 Å². The second kappa shape index (κ2) is 8.74. The van der Waals surface area contributed by atoms with Gasteiger partial charge in [0.25, 0.3) is 5.56 Å². The van der Waals surface area contributed by atoms with Gasteiger partial charge in [-0.1, -0.05) is 6.08 Å². The number of H-pyrrole nitrogens is 1. The van der Waals surface area contributed by atoms with Gasteiger partial charge in [-0.2, -0.15) is 4.98 Å². The number of nitrogens with two attached hydrogens (primary N) is 1. The van der Waals surface area contributed by atoms with E-state index in [0.29, 0.717) is 0 Å². The first-order chi connectivity index (χ1) is 15.7. The Labute approximate surface area is 187 Å². The molecule has 2 fully saturated rings. The molecule has 0 amide bonds. The van der Waals surface area contributed by atoms with E-state index in [9.17, 15) is 19.5 Å². The molecule has 0 aliphatic carbocycles. The number of nitrogen functional groups attached to an aromatic ring is 1. The SMILES string of the molecule is C=CCn1c(=O)n([C@@H]2O[C@H](CO)[C@H]3OC(C)(CCC(=O)OCC)O[C@H]32)c2nc(N)[nH]c(=O)c21. The molecule has 2 aliphatic rings. The van der Waals surface area contributed by atoms with Gasteiger partial charge in [0.1, 0.15) is 18.3 Å². The molecule has 4 N–H and O–H groups in total. The lowest BCUT2D eigenvalue weighted by Gasteiger charge is -2.27. The summed E-state index contributed by atoms with van der Waals surface area (Å²) < 4.78 is 25.4. The lowest BCUT2D eigenvalue weighted by molar-refractivity contribution is -0.214. The fourth-order valence-corrected chi connectivity index (χ4v) is 4.34. The van der Waals surface area contributed by atoms with Crippen LogP contribution in [0.1, 0.15) is 32.9 Å². The van der Waals surface area contributed by atoms with Gasteiger partial charge in [-0.3, -0.25) is 19.1 Å². The number of aliphatic hydroxyl groups excluding tert-OH is 1. The topological polar surface area (TPSA) is 173 Å². The van der Waals surface area contributed by atoms with Crippen molar-refractivity contribution in [1.29, 1.82) is 0 Å². The van der Waals surface area contributed by atoms with Gasteiger partial charge in [-0.15, -0.1) is 6.58 Å². The van der Waals surface area contributed by atoms with Crippen LogP contribution < -0.4 is 17.0 Å². The zero-order valence-electron chi connectivity index (χ0n) is 18.4. The van der Waals surface area contributed by atoms with Gasteiger partial charge in [0.15, 0.2) is 23.2 Å². The molecule has 180 valence electrons. The average Bonchev–Trinajstić information content (AvgIpc) is 3.35. The number of aromatic amines is 1. The molecule has 5 atom stereocenters. The van der Waals surface area contributed by atoms with Gasteiger partial charge in [-0.05, 0) is 13.8 Å². The summed E-state index contributed by atoms with van der Waals surface area (Å²) in [6.45, 7) is 6.93. The molecule has 4 heterocycles. The predicted molar refractivity (Wildman–Crippen MR) is 114 cm³/mol. The molecule has 13 nitrogen and oxygen atoms in total. The van der Waals surface area contributed by atoms with Crippen LogP contribution in [0.4, 0.5) is 5.95 Å². The number of fused-ring (bicyclic) bond motifs is 2. The van der Waals surface area contributed by atoms with Crippen LogP contribution in [0.15, 0.2) is 22.2 Å². The lowest BCUT2D eigenvalue weighted by atomic mass is 10.1. The number of anilines is 1. The summed E-state index contributed by atoms with van der Waals surface area (Å²) in [5.74, 6) is -1.74. The molecule has 2 aliphatic heterocycles. The van der Waals surface area contributed by atoms with Crippen molar-refractivity contribution >= 4 is 23.1 Å². The molecule has 0 radical (unpaired) electrons. The smallest absolute Gasteiger partial charge is 0.333 e. The first-order valence-electron chi connectivity index (χ1n) is 10.6. The van der Waals surface area contributed by atoms with Crippen LogP contribution in [-0.4, -0.2) is 67.5 Å². The molecule has 0 bridgehead atoms. The molecular formula is C20H27N5O8. The lowest BCUT2D eigenvalue weighted by Crippen LogP contribution is -2.36. The van der Waals surface area contributed by atoms with Gasteiger partial charge in [0.2, 0.25) is 5.95 Å². The molecule has 2 saturated heterocycles. The third-order valence-corrected chi connectivity index (χ3v) is 5.72. The third kappa shape index (κ3) is 3.97. The highest BCUT2D eigenvalue weighted by Crippen LogP contribution is 2.44. The molecule has 1 unspecified atom stereocenters. The van der Waals surface area contributed by atoms with Crippen LogP contribution in [0.2, 0.25) is 0 Å². The number of carbonyl (C=O) groups excluding carboxylic acids is 1. The van der Waals surface area contributed by atoms with Gasteiger partial charge in [-0.25, -0.2) is 9.36 Å². The first kappa shape index (κ1) is 23.2. The highest BCUT2D eigenvalue weighted by Gasteiger charge is 2.57. The van der Waals surface area contributed by atoms with E-state index in [1.165, 1.54) is 15.2 Å². The molecule has 2 aromatic heterocycles. The number of nitrogens with one attached hydrogen (secondary N) is 1. The van der Waals surface area contributed by atoms with E-state index in [-0.39, 0.29) is 43.1 Å². The molecule has 0 spiro atoms. The Morgan fingerprint density at radius 2 is 2.12 bits per heavy atom. The summed E-state index contributed by atoms with van der Waals surface area (Å²) in [6.07, 6.45) is -1.70. The molecule has 4 rings (SSSR count). The van der Waals surface area contributed by atoms with Crippen molar-refractivity contribution in [2.24, 2.45) is 0 Å². The van der Waals surface area contributed by atoms with E-state index in [1.54, 1.807) is 13.8 Å². The van der Waals surface area contributed by atoms with Crippen molar-refractivity contribution in [3.05, 3.63) is 33.5 Å². The Kier molecular flexibility index (Phi) is 6.14. The normalized spacial score (nSPS) is 28.8. The summed E-state index contributed by atoms with van der Waals surface area (Å²) in [5.41, 5.74) is 4.57. The monoisotopic (exact) mass is 465 g/mol. The Bertz CT molecular complexity index is 1190. The number of imidazole rings is 1.